The maximum Gasteiger partial charge on any atom is 0.180 e. The summed E-state index contributed by atoms with van der Waals surface area (Å²) in [6.07, 6.45) is 3.76. The number of hydrogen-bond acceptors (Lipinski definition) is 8. The highest BCUT2D eigenvalue weighted by molar-refractivity contribution is 5.79. The van der Waals surface area contributed by atoms with Gasteiger partial charge in [-0.15, -0.1) is 0 Å². The Bertz CT molecular complexity index is 1380. The van der Waals surface area contributed by atoms with Crippen LogP contribution in [0.4, 0.5) is 22.9 Å². The van der Waals surface area contributed by atoms with Gasteiger partial charge in [-0.05, 0) is 37.3 Å². The molecule has 35 heavy (non-hydrogen) atoms. The van der Waals surface area contributed by atoms with Crippen molar-refractivity contribution in [1.29, 1.82) is 0 Å². The van der Waals surface area contributed by atoms with E-state index < -0.39 is 0 Å². The molecule has 0 atom stereocenters. The standard InChI is InChI=1S/C26H28N6O3/c1-17-24(18-3-6-22-20(15-18)27-8-12-35-22)30-25(26-28-7-9-32(17)26)29-19-4-5-21(23(16-19)33-2)31-10-13-34-14-11-31/h3-7,9,15-16,27H,8,10-14H2,1-2H3,(H,29,30). The third kappa shape index (κ3) is 3.97. The van der Waals surface area contributed by atoms with E-state index >= 15 is 0 Å². The number of aromatic nitrogens is 3. The second-order valence-electron chi connectivity index (χ2n) is 8.61. The normalized spacial score (nSPS) is 15.3. The summed E-state index contributed by atoms with van der Waals surface area (Å²) in [6.45, 7) is 6.67. The largest absolute Gasteiger partial charge is 0.495 e. The molecule has 2 aliphatic rings. The maximum atomic E-state index is 5.75. The van der Waals surface area contributed by atoms with Crippen LogP contribution in [0.5, 0.6) is 11.5 Å². The number of morpholine rings is 1. The molecule has 1 saturated heterocycles. The summed E-state index contributed by atoms with van der Waals surface area (Å²) in [5.74, 6) is 2.36. The fourth-order valence-electron chi connectivity index (χ4n) is 4.71. The van der Waals surface area contributed by atoms with Gasteiger partial charge in [-0.3, -0.25) is 4.40 Å². The van der Waals surface area contributed by atoms with Crippen LogP contribution in [0.25, 0.3) is 16.9 Å². The number of nitrogens with one attached hydrogen (secondary N) is 2. The Morgan fingerprint density at radius 3 is 2.83 bits per heavy atom. The van der Waals surface area contributed by atoms with E-state index in [0.29, 0.717) is 12.4 Å². The van der Waals surface area contributed by atoms with Crippen LogP contribution in [0, 0.1) is 6.92 Å². The quantitative estimate of drug-likeness (QED) is 0.449. The fraction of sp³-hybridized carbons (Fsp3) is 0.308. The lowest BCUT2D eigenvalue weighted by molar-refractivity contribution is 0.122. The zero-order chi connectivity index (χ0) is 23.8. The van der Waals surface area contributed by atoms with Gasteiger partial charge in [0.2, 0.25) is 0 Å². The molecule has 180 valence electrons. The molecule has 0 radical (unpaired) electrons. The molecular formula is C26H28N6O3. The summed E-state index contributed by atoms with van der Waals surface area (Å²) in [7, 11) is 1.70. The first-order chi connectivity index (χ1) is 17.2. The minimum absolute atomic E-state index is 0.673. The summed E-state index contributed by atoms with van der Waals surface area (Å²) in [5, 5.41) is 6.89. The van der Waals surface area contributed by atoms with Crippen molar-refractivity contribution in [1.82, 2.24) is 14.4 Å². The summed E-state index contributed by atoms with van der Waals surface area (Å²) in [6, 6.07) is 12.3. The average molecular weight is 473 g/mol. The van der Waals surface area contributed by atoms with E-state index in [0.717, 1.165) is 84.0 Å². The first kappa shape index (κ1) is 21.5. The molecule has 2 aromatic heterocycles. The lowest BCUT2D eigenvalue weighted by atomic mass is 10.1. The third-order valence-electron chi connectivity index (χ3n) is 6.50. The SMILES string of the molecule is COc1cc(Nc2nc(-c3ccc4c(c3)NCCO4)c(C)n3ccnc23)ccc1N1CCOCC1. The van der Waals surface area contributed by atoms with E-state index in [2.05, 4.69) is 44.0 Å². The van der Waals surface area contributed by atoms with E-state index in [1.165, 1.54) is 0 Å². The smallest absolute Gasteiger partial charge is 0.180 e. The number of anilines is 4. The molecule has 0 amide bonds. The molecule has 1 fully saturated rings. The van der Waals surface area contributed by atoms with E-state index in [-0.39, 0.29) is 0 Å². The van der Waals surface area contributed by atoms with Crippen molar-refractivity contribution in [3.05, 3.63) is 54.5 Å². The maximum absolute atomic E-state index is 5.75. The summed E-state index contributed by atoms with van der Waals surface area (Å²) >= 11 is 0. The molecule has 0 bridgehead atoms. The number of imidazole rings is 1. The second kappa shape index (κ2) is 8.99. The van der Waals surface area contributed by atoms with Gasteiger partial charge >= 0.3 is 0 Å². The molecule has 4 aromatic rings. The average Bonchev–Trinajstić information content (AvgIpc) is 3.41. The van der Waals surface area contributed by atoms with Crippen molar-refractivity contribution >= 4 is 28.5 Å². The van der Waals surface area contributed by atoms with Crippen LogP contribution in [0.15, 0.2) is 48.8 Å². The van der Waals surface area contributed by atoms with Crippen molar-refractivity contribution in [2.75, 3.05) is 62.1 Å². The van der Waals surface area contributed by atoms with Gasteiger partial charge in [0.15, 0.2) is 11.5 Å². The predicted molar refractivity (Wildman–Crippen MR) is 136 cm³/mol. The summed E-state index contributed by atoms with van der Waals surface area (Å²) in [4.78, 5) is 11.9. The number of aryl methyl sites for hydroxylation is 1. The van der Waals surface area contributed by atoms with Crippen molar-refractivity contribution < 1.29 is 14.2 Å². The van der Waals surface area contributed by atoms with Gasteiger partial charge in [0.1, 0.15) is 18.1 Å². The van der Waals surface area contributed by atoms with Crippen LogP contribution in [-0.4, -0.2) is 60.9 Å². The van der Waals surface area contributed by atoms with Crippen LogP contribution in [0.1, 0.15) is 5.69 Å². The fourth-order valence-corrected chi connectivity index (χ4v) is 4.71. The minimum atomic E-state index is 0.673. The number of hydrogen-bond donors (Lipinski definition) is 2. The molecule has 9 nitrogen and oxygen atoms in total. The van der Waals surface area contributed by atoms with Gasteiger partial charge in [-0.25, -0.2) is 9.97 Å². The first-order valence-electron chi connectivity index (χ1n) is 11.8. The number of rotatable bonds is 5. The molecule has 2 N–H and O–H groups in total. The summed E-state index contributed by atoms with van der Waals surface area (Å²) < 4.78 is 19.0. The van der Waals surface area contributed by atoms with E-state index in [4.69, 9.17) is 19.2 Å². The first-order valence-corrected chi connectivity index (χ1v) is 11.8. The van der Waals surface area contributed by atoms with Crippen molar-refractivity contribution in [3.8, 4) is 22.8 Å². The zero-order valence-electron chi connectivity index (χ0n) is 19.9. The Hall–Kier alpha value is -3.98. The highest BCUT2D eigenvalue weighted by Crippen LogP contribution is 2.36. The number of methoxy groups -OCH3 is 1. The van der Waals surface area contributed by atoms with Gasteiger partial charge in [0, 0.05) is 55.0 Å². The van der Waals surface area contributed by atoms with Crippen LogP contribution in [0.2, 0.25) is 0 Å². The van der Waals surface area contributed by atoms with Crippen LogP contribution >= 0.6 is 0 Å². The Morgan fingerprint density at radius 1 is 1.09 bits per heavy atom. The molecule has 2 aliphatic heterocycles. The minimum Gasteiger partial charge on any atom is -0.495 e. The van der Waals surface area contributed by atoms with Crippen molar-refractivity contribution in [2.45, 2.75) is 6.92 Å². The Kier molecular flexibility index (Phi) is 5.54. The molecule has 4 heterocycles. The van der Waals surface area contributed by atoms with Crippen LogP contribution in [0.3, 0.4) is 0 Å². The lowest BCUT2D eigenvalue weighted by Gasteiger charge is -2.30. The topological polar surface area (TPSA) is 85.2 Å². The van der Waals surface area contributed by atoms with Gasteiger partial charge in [-0.1, -0.05) is 0 Å². The molecular weight excluding hydrogens is 444 g/mol. The highest BCUT2D eigenvalue weighted by atomic mass is 16.5. The molecule has 0 aliphatic carbocycles. The monoisotopic (exact) mass is 472 g/mol. The van der Waals surface area contributed by atoms with Crippen LogP contribution in [-0.2, 0) is 4.74 Å². The van der Waals surface area contributed by atoms with Gasteiger partial charge in [-0.2, -0.15) is 0 Å². The lowest BCUT2D eigenvalue weighted by Crippen LogP contribution is -2.36. The molecule has 2 aromatic carbocycles. The molecule has 0 spiro atoms. The van der Waals surface area contributed by atoms with E-state index in [1.807, 2.05) is 30.5 Å². The van der Waals surface area contributed by atoms with Crippen molar-refractivity contribution in [2.24, 2.45) is 0 Å². The summed E-state index contributed by atoms with van der Waals surface area (Å²) in [5.41, 5.74) is 6.60. The Morgan fingerprint density at radius 2 is 1.97 bits per heavy atom. The second-order valence-corrected chi connectivity index (χ2v) is 8.61. The van der Waals surface area contributed by atoms with Gasteiger partial charge in [0.05, 0.1) is 37.4 Å². The molecule has 6 rings (SSSR count). The van der Waals surface area contributed by atoms with Crippen molar-refractivity contribution in [3.63, 3.8) is 0 Å². The number of benzene rings is 2. The predicted octanol–water partition coefficient (Wildman–Crippen LogP) is 4.10. The van der Waals surface area contributed by atoms with Crippen LogP contribution < -0.4 is 25.0 Å². The Balaban J connectivity index is 1.38. The third-order valence-corrected chi connectivity index (χ3v) is 6.50. The zero-order valence-corrected chi connectivity index (χ0v) is 19.9. The molecule has 9 heteroatoms. The highest BCUT2D eigenvalue weighted by Gasteiger charge is 2.19. The molecule has 0 saturated carbocycles. The van der Waals surface area contributed by atoms with Gasteiger partial charge < -0.3 is 29.7 Å². The van der Waals surface area contributed by atoms with E-state index in [9.17, 15) is 0 Å². The molecule has 0 unspecified atom stereocenters. The number of ether oxygens (including phenoxy) is 3. The van der Waals surface area contributed by atoms with Gasteiger partial charge in [0.25, 0.3) is 0 Å². The van der Waals surface area contributed by atoms with E-state index in [1.54, 1.807) is 13.3 Å². The number of fused-ring (bicyclic) bond motifs is 2. The number of nitrogens with zero attached hydrogens (tertiary/aromatic N) is 4. The Labute approximate surface area is 203 Å².